The third kappa shape index (κ3) is 5.28. The van der Waals surface area contributed by atoms with Crippen LogP contribution in [0.5, 0.6) is 0 Å². The van der Waals surface area contributed by atoms with Gasteiger partial charge in [0.05, 0.1) is 11.0 Å². The molecule has 1 saturated heterocycles. The summed E-state index contributed by atoms with van der Waals surface area (Å²) >= 11 is 0. The maximum Gasteiger partial charge on any atom is 0.221 e. The molecular weight excluding hydrogens is 336 g/mol. The molecule has 1 N–H and O–H groups in total. The Hall–Kier alpha value is -1.40. The van der Waals surface area contributed by atoms with Gasteiger partial charge in [0.15, 0.2) is 9.84 Å². The highest BCUT2D eigenvalue weighted by Gasteiger charge is 2.29. The molecule has 0 radical (unpaired) electrons. The molecule has 138 valence electrons. The maximum atomic E-state index is 12.2. The first kappa shape index (κ1) is 18.4. The zero-order chi connectivity index (χ0) is 17.7. The monoisotopic (exact) mass is 364 g/mol. The van der Waals surface area contributed by atoms with Crippen molar-refractivity contribution in [2.75, 3.05) is 18.8 Å². The van der Waals surface area contributed by atoms with Crippen LogP contribution in [0.1, 0.15) is 44.1 Å². The van der Waals surface area contributed by atoms with Gasteiger partial charge in [-0.3, -0.25) is 9.69 Å². The summed E-state index contributed by atoms with van der Waals surface area (Å²) in [6.45, 7) is 2.68. The van der Waals surface area contributed by atoms with Crippen LogP contribution in [0.2, 0.25) is 0 Å². The molecule has 6 heteroatoms. The Bertz CT molecular complexity index is 669. The summed E-state index contributed by atoms with van der Waals surface area (Å²) in [7, 11) is -3.11. The normalized spacial score (nSPS) is 22.3. The summed E-state index contributed by atoms with van der Waals surface area (Å²) in [4.78, 5) is 14.5. The van der Waals surface area contributed by atoms with Crippen LogP contribution in [-0.4, -0.2) is 49.4 Å². The standard InChI is InChI=1S/C19H28N2O3S/c22-19(11-13-25(23,24)18-8-4-5-9-18)20-17-10-12-21(15-17)14-16-6-2-1-3-7-16/h1-3,6-7,17-18H,4-5,8-15H2,(H,20,22). The molecule has 1 atom stereocenters. The molecule has 25 heavy (non-hydrogen) atoms. The van der Waals surface area contributed by atoms with Gasteiger partial charge < -0.3 is 5.32 Å². The number of sulfone groups is 1. The number of nitrogens with one attached hydrogen (secondary N) is 1. The molecule has 1 aliphatic heterocycles. The smallest absolute Gasteiger partial charge is 0.221 e. The summed E-state index contributed by atoms with van der Waals surface area (Å²) in [5, 5.41) is 2.80. The summed E-state index contributed by atoms with van der Waals surface area (Å²) in [6, 6.07) is 10.4. The lowest BCUT2D eigenvalue weighted by molar-refractivity contribution is -0.121. The Morgan fingerprint density at radius 1 is 1.12 bits per heavy atom. The highest BCUT2D eigenvalue weighted by molar-refractivity contribution is 7.92. The molecule has 0 aromatic heterocycles. The number of benzene rings is 1. The fraction of sp³-hybridized carbons (Fsp3) is 0.632. The van der Waals surface area contributed by atoms with Crippen molar-refractivity contribution in [3.05, 3.63) is 35.9 Å². The van der Waals surface area contributed by atoms with E-state index >= 15 is 0 Å². The Morgan fingerprint density at radius 2 is 1.84 bits per heavy atom. The zero-order valence-corrected chi connectivity index (χ0v) is 15.5. The number of hydrogen-bond acceptors (Lipinski definition) is 4. The van der Waals surface area contributed by atoms with Crippen molar-refractivity contribution in [1.29, 1.82) is 0 Å². The molecule has 1 unspecified atom stereocenters. The first-order valence-corrected chi connectivity index (χ1v) is 11.0. The Morgan fingerprint density at radius 3 is 2.56 bits per heavy atom. The van der Waals surface area contributed by atoms with E-state index in [0.29, 0.717) is 0 Å². The third-order valence-corrected chi connectivity index (χ3v) is 7.57. The zero-order valence-electron chi connectivity index (χ0n) is 14.7. The first-order valence-electron chi connectivity index (χ1n) is 9.30. The van der Waals surface area contributed by atoms with Gasteiger partial charge in [0.25, 0.3) is 0 Å². The van der Waals surface area contributed by atoms with Gasteiger partial charge in [-0.2, -0.15) is 0 Å². The predicted octanol–water partition coefficient (Wildman–Crippen LogP) is 2.12. The Kier molecular flexibility index (Phi) is 6.12. The van der Waals surface area contributed by atoms with E-state index < -0.39 is 9.84 Å². The molecule has 1 aromatic carbocycles. The summed E-state index contributed by atoms with van der Waals surface area (Å²) in [5.74, 6) is -0.141. The van der Waals surface area contributed by atoms with Crippen molar-refractivity contribution in [1.82, 2.24) is 10.2 Å². The average molecular weight is 365 g/mol. The number of amides is 1. The van der Waals surface area contributed by atoms with Crippen LogP contribution in [0.15, 0.2) is 30.3 Å². The molecule has 1 heterocycles. The van der Waals surface area contributed by atoms with E-state index in [1.807, 2.05) is 18.2 Å². The van der Waals surface area contributed by atoms with Crippen LogP contribution < -0.4 is 5.32 Å². The van der Waals surface area contributed by atoms with Crippen LogP contribution in [-0.2, 0) is 21.2 Å². The van der Waals surface area contributed by atoms with E-state index in [1.54, 1.807) is 0 Å². The molecule has 0 bridgehead atoms. The van der Waals surface area contributed by atoms with Gasteiger partial charge in [-0.1, -0.05) is 43.2 Å². The molecule has 2 aliphatic rings. The molecule has 0 spiro atoms. The van der Waals surface area contributed by atoms with Crippen LogP contribution in [0.4, 0.5) is 0 Å². The molecule has 1 saturated carbocycles. The molecule has 3 rings (SSSR count). The second-order valence-corrected chi connectivity index (χ2v) is 9.70. The second-order valence-electron chi connectivity index (χ2n) is 7.30. The molecule has 1 aromatic rings. The van der Waals surface area contributed by atoms with E-state index in [4.69, 9.17) is 0 Å². The van der Waals surface area contributed by atoms with Crippen LogP contribution in [0.25, 0.3) is 0 Å². The van der Waals surface area contributed by atoms with Gasteiger partial charge >= 0.3 is 0 Å². The van der Waals surface area contributed by atoms with E-state index in [0.717, 1.165) is 51.7 Å². The van der Waals surface area contributed by atoms with Crippen LogP contribution in [0, 0.1) is 0 Å². The highest BCUT2D eigenvalue weighted by Crippen LogP contribution is 2.25. The fourth-order valence-electron chi connectivity index (χ4n) is 3.88. The molecular formula is C19H28N2O3S. The topological polar surface area (TPSA) is 66.5 Å². The summed E-state index contributed by atoms with van der Waals surface area (Å²) < 4.78 is 24.5. The minimum Gasteiger partial charge on any atom is -0.352 e. The van der Waals surface area contributed by atoms with Crippen LogP contribution >= 0.6 is 0 Å². The first-order chi connectivity index (χ1) is 12.0. The van der Waals surface area contributed by atoms with E-state index in [1.165, 1.54) is 5.56 Å². The SMILES string of the molecule is O=C(CCS(=O)(=O)C1CCCC1)NC1CCN(Cc2ccccc2)C1. The molecule has 5 nitrogen and oxygen atoms in total. The van der Waals surface area contributed by atoms with Gasteiger partial charge in [0.1, 0.15) is 0 Å². The highest BCUT2D eigenvalue weighted by atomic mass is 32.2. The fourth-order valence-corrected chi connectivity index (χ4v) is 5.74. The minimum atomic E-state index is -3.11. The van der Waals surface area contributed by atoms with E-state index in [-0.39, 0.29) is 29.4 Å². The lowest BCUT2D eigenvalue weighted by Gasteiger charge is -2.17. The number of rotatable bonds is 7. The Labute approximate surface area is 150 Å². The minimum absolute atomic E-state index is 0.00997. The average Bonchev–Trinajstić information content (AvgIpc) is 3.27. The van der Waals surface area contributed by atoms with Gasteiger partial charge in [-0.25, -0.2) is 8.42 Å². The Balaban J connectivity index is 1.40. The maximum absolute atomic E-state index is 12.2. The third-order valence-electron chi connectivity index (χ3n) is 5.31. The van der Waals surface area contributed by atoms with Crippen molar-refractivity contribution in [2.24, 2.45) is 0 Å². The van der Waals surface area contributed by atoms with Gasteiger partial charge in [-0.05, 0) is 24.8 Å². The molecule has 1 amide bonds. The van der Waals surface area contributed by atoms with Crippen LogP contribution in [0.3, 0.4) is 0 Å². The predicted molar refractivity (Wildman–Crippen MR) is 98.9 cm³/mol. The number of carbonyl (C=O) groups is 1. The lowest BCUT2D eigenvalue weighted by Crippen LogP contribution is -2.38. The largest absolute Gasteiger partial charge is 0.352 e. The van der Waals surface area contributed by atoms with Crippen molar-refractivity contribution >= 4 is 15.7 Å². The number of carbonyl (C=O) groups excluding carboxylic acids is 1. The van der Waals surface area contributed by atoms with Crippen molar-refractivity contribution in [3.8, 4) is 0 Å². The summed E-state index contributed by atoms with van der Waals surface area (Å²) in [5.41, 5.74) is 1.28. The number of likely N-dealkylation sites (tertiary alicyclic amines) is 1. The van der Waals surface area contributed by atoms with E-state index in [2.05, 4.69) is 22.3 Å². The number of hydrogen-bond donors (Lipinski definition) is 1. The lowest BCUT2D eigenvalue weighted by atomic mass is 10.2. The quantitative estimate of drug-likeness (QED) is 0.805. The van der Waals surface area contributed by atoms with Crippen molar-refractivity contribution in [3.63, 3.8) is 0 Å². The second kappa shape index (κ2) is 8.32. The molecule has 2 fully saturated rings. The van der Waals surface area contributed by atoms with Crippen molar-refractivity contribution < 1.29 is 13.2 Å². The summed E-state index contributed by atoms with van der Waals surface area (Å²) in [6.07, 6.45) is 4.54. The van der Waals surface area contributed by atoms with Gasteiger partial charge in [0, 0.05) is 32.1 Å². The number of nitrogens with zero attached hydrogens (tertiary/aromatic N) is 1. The molecule has 1 aliphatic carbocycles. The van der Waals surface area contributed by atoms with Crippen molar-refractivity contribution in [2.45, 2.75) is 56.4 Å². The van der Waals surface area contributed by atoms with E-state index in [9.17, 15) is 13.2 Å². The van der Waals surface area contributed by atoms with Gasteiger partial charge in [0.2, 0.25) is 5.91 Å². The van der Waals surface area contributed by atoms with Gasteiger partial charge in [-0.15, -0.1) is 0 Å².